The molecule has 0 unspecified atom stereocenters. The van der Waals surface area contributed by atoms with Crippen LogP contribution in [0.25, 0.3) is 32.8 Å². The first kappa shape index (κ1) is 15.2. The summed E-state index contributed by atoms with van der Waals surface area (Å²) in [6, 6.07) is 22.3. The molecule has 0 bridgehead atoms. The molecule has 0 fully saturated rings. The van der Waals surface area contributed by atoms with E-state index in [-0.39, 0.29) is 11.6 Å². The van der Waals surface area contributed by atoms with Crippen LogP contribution in [0, 0.1) is 0 Å². The summed E-state index contributed by atoms with van der Waals surface area (Å²) >= 11 is 0. The average molecular weight is 360 g/mol. The van der Waals surface area contributed by atoms with Gasteiger partial charge in [-0.25, -0.2) is 9.97 Å². The summed E-state index contributed by atoms with van der Waals surface area (Å²) in [5, 5.41) is 2.10. The molecular formula is C24H12N2O2. The van der Waals surface area contributed by atoms with Crippen LogP contribution in [0.1, 0.15) is 31.8 Å². The van der Waals surface area contributed by atoms with Gasteiger partial charge < -0.3 is 0 Å². The van der Waals surface area contributed by atoms with Crippen molar-refractivity contribution in [3.8, 4) is 0 Å². The van der Waals surface area contributed by atoms with E-state index in [2.05, 4.69) is 0 Å². The number of carbonyl (C=O) groups excluding carboxylic acids is 2. The fourth-order valence-electron chi connectivity index (χ4n) is 4.05. The summed E-state index contributed by atoms with van der Waals surface area (Å²) in [5.74, 6) is -0.322. The van der Waals surface area contributed by atoms with Crippen molar-refractivity contribution in [2.75, 3.05) is 0 Å². The van der Waals surface area contributed by atoms with Crippen molar-refractivity contribution in [2.24, 2.45) is 0 Å². The van der Waals surface area contributed by atoms with Gasteiger partial charge in [0.2, 0.25) is 0 Å². The van der Waals surface area contributed by atoms with Crippen molar-refractivity contribution in [2.45, 2.75) is 0 Å². The predicted octanol–water partition coefficient (Wildman–Crippen LogP) is 4.71. The first-order valence-corrected chi connectivity index (χ1v) is 9.03. The lowest BCUT2D eigenvalue weighted by Crippen LogP contribution is -2.21. The molecule has 4 nitrogen and oxygen atoms in total. The van der Waals surface area contributed by atoms with E-state index in [9.17, 15) is 9.59 Å². The van der Waals surface area contributed by atoms with Crippen LogP contribution >= 0.6 is 0 Å². The Balaban J connectivity index is 1.73. The SMILES string of the molecule is O=C1c2ccccc2C(=O)c2c1ccc1nc3c(ccc4ccccc43)nc21. The zero-order valence-corrected chi connectivity index (χ0v) is 14.6. The Morgan fingerprint density at radius 1 is 0.536 bits per heavy atom. The lowest BCUT2D eigenvalue weighted by Gasteiger charge is -2.18. The number of nitrogens with zero attached hydrogens (tertiary/aromatic N) is 2. The van der Waals surface area contributed by atoms with E-state index in [0.717, 1.165) is 16.3 Å². The molecule has 0 amide bonds. The zero-order valence-electron chi connectivity index (χ0n) is 14.6. The molecule has 6 rings (SSSR count). The normalized spacial score (nSPS) is 13.1. The molecule has 1 heterocycles. The maximum atomic E-state index is 13.2. The van der Waals surface area contributed by atoms with E-state index in [1.54, 1.807) is 36.4 Å². The van der Waals surface area contributed by atoms with Crippen LogP contribution in [0.5, 0.6) is 0 Å². The van der Waals surface area contributed by atoms with Crippen molar-refractivity contribution in [3.05, 3.63) is 95.1 Å². The molecule has 0 radical (unpaired) electrons. The van der Waals surface area contributed by atoms with Crippen LogP contribution in [0.3, 0.4) is 0 Å². The van der Waals surface area contributed by atoms with Crippen molar-refractivity contribution in [3.63, 3.8) is 0 Å². The Kier molecular flexibility index (Phi) is 2.87. The highest BCUT2D eigenvalue weighted by Crippen LogP contribution is 2.33. The number of fused-ring (bicyclic) bond motifs is 7. The number of rotatable bonds is 0. The first-order chi connectivity index (χ1) is 13.7. The van der Waals surface area contributed by atoms with Crippen LogP contribution in [-0.4, -0.2) is 21.5 Å². The lowest BCUT2D eigenvalue weighted by molar-refractivity contribution is 0.0980. The van der Waals surface area contributed by atoms with Gasteiger partial charge in [-0.1, -0.05) is 54.6 Å². The molecule has 0 saturated heterocycles. The third-order valence-corrected chi connectivity index (χ3v) is 5.39. The molecule has 0 saturated carbocycles. The molecule has 4 heteroatoms. The molecule has 0 N–H and O–H groups in total. The van der Waals surface area contributed by atoms with E-state index in [1.165, 1.54) is 0 Å². The summed E-state index contributed by atoms with van der Waals surface area (Å²) in [5.41, 5.74) is 4.21. The Bertz CT molecular complexity index is 1500. The van der Waals surface area contributed by atoms with E-state index in [1.807, 2.05) is 36.4 Å². The number of hydrogen-bond acceptors (Lipinski definition) is 4. The lowest BCUT2D eigenvalue weighted by atomic mass is 9.83. The standard InChI is InChI=1S/C24H12N2O2/c27-23-15-7-3-4-8-16(15)24(28)20-17(23)10-12-19-22(20)26-18-11-9-13-5-1-2-6-14(13)21(18)25-19/h1-12H. The van der Waals surface area contributed by atoms with E-state index >= 15 is 0 Å². The number of ketones is 2. The number of benzene rings is 4. The van der Waals surface area contributed by atoms with Crippen molar-refractivity contribution in [1.29, 1.82) is 0 Å². The van der Waals surface area contributed by atoms with Gasteiger partial charge in [0.1, 0.15) is 5.52 Å². The molecule has 1 aliphatic rings. The van der Waals surface area contributed by atoms with Gasteiger partial charge in [-0.2, -0.15) is 0 Å². The minimum Gasteiger partial charge on any atom is -0.289 e. The third-order valence-electron chi connectivity index (χ3n) is 5.39. The van der Waals surface area contributed by atoms with Crippen molar-refractivity contribution >= 4 is 44.4 Å². The van der Waals surface area contributed by atoms with Crippen LogP contribution in [0.15, 0.2) is 72.8 Å². The summed E-state index contributed by atoms with van der Waals surface area (Å²) in [6.07, 6.45) is 0. The van der Waals surface area contributed by atoms with Crippen molar-refractivity contribution in [1.82, 2.24) is 9.97 Å². The van der Waals surface area contributed by atoms with Gasteiger partial charge >= 0.3 is 0 Å². The van der Waals surface area contributed by atoms with Gasteiger partial charge in [0, 0.05) is 22.1 Å². The van der Waals surface area contributed by atoms with Crippen LogP contribution < -0.4 is 0 Å². The van der Waals surface area contributed by atoms with Gasteiger partial charge in [-0.3, -0.25) is 9.59 Å². The topological polar surface area (TPSA) is 59.9 Å². The average Bonchev–Trinajstić information content (AvgIpc) is 2.75. The summed E-state index contributed by atoms with van der Waals surface area (Å²) in [6.45, 7) is 0. The second-order valence-corrected chi connectivity index (χ2v) is 6.94. The van der Waals surface area contributed by atoms with Crippen LogP contribution in [-0.2, 0) is 0 Å². The fourth-order valence-corrected chi connectivity index (χ4v) is 4.05. The minimum absolute atomic E-state index is 0.146. The second-order valence-electron chi connectivity index (χ2n) is 6.94. The molecule has 0 spiro atoms. The molecule has 28 heavy (non-hydrogen) atoms. The molecular weight excluding hydrogens is 348 g/mol. The highest BCUT2D eigenvalue weighted by Gasteiger charge is 2.31. The summed E-state index contributed by atoms with van der Waals surface area (Å²) < 4.78 is 0. The zero-order chi connectivity index (χ0) is 18.8. The van der Waals surface area contributed by atoms with E-state index < -0.39 is 0 Å². The van der Waals surface area contributed by atoms with Crippen molar-refractivity contribution < 1.29 is 9.59 Å². The van der Waals surface area contributed by atoms with Gasteiger partial charge in [0.05, 0.1) is 22.1 Å². The first-order valence-electron chi connectivity index (χ1n) is 9.03. The van der Waals surface area contributed by atoms with Crippen LogP contribution in [0.4, 0.5) is 0 Å². The van der Waals surface area contributed by atoms with Crippen LogP contribution in [0.2, 0.25) is 0 Å². The van der Waals surface area contributed by atoms with E-state index in [0.29, 0.717) is 38.8 Å². The molecule has 1 aliphatic carbocycles. The Hall–Kier alpha value is -3.92. The Morgan fingerprint density at radius 2 is 1.18 bits per heavy atom. The van der Waals surface area contributed by atoms with E-state index in [4.69, 9.17) is 9.97 Å². The smallest absolute Gasteiger partial charge is 0.196 e. The van der Waals surface area contributed by atoms with Gasteiger partial charge in [0.15, 0.2) is 11.6 Å². The predicted molar refractivity (Wildman–Crippen MR) is 108 cm³/mol. The second kappa shape index (κ2) is 5.30. The molecule has 1 aromatic heterocycles. The number of aromatic nitrogens is 2. The summed E-state index contributed by atoms with van der Waals surface area (Å²) in [4.78, 5) is 35.7. The minimum atomic E-state index is -0.176. The molecule has 5 aromatic rings. The molecule has 4 aromatic carbocycles. The molecule has 130 valence electrons. The fraction of sp³-hybridized carbons (Fsp3) is 0. The molecule has 0 atom stereocenters. The number of hydrogen-bond donors (Lipinski definition) is 0. The molecule has 0 aliphatic heterocycles. The highest BCUT2D eigenvalue weighted by molar-refractivity contribution is 6.31. The monoisotopic (exact) mass is 360 g/mol. The third kappa shape index (κ3) is 1.89. The Labute approximate surface area is 159 Å². The largest absolute Gasteiger partial charge is 0.289 e. The maximum Gasteiger partial charge on any atom is 0.196 e. The quantitative estimate of drug-likeness (QED) is 0.291. The van der Waals surface area contributed by atoms with Gasteiger partial charge in [-0.05, 0) is 23.6 Å². The highest BCUT2D eigenvalue weighted by atomic mass is 16.1. The summed E-state index contributed by atoms with van der Waals surface area (Å²) in [7, 11) is 0. The Morgan fingerprint density at radius 3 is 2.04 bits per heavy atom. The van der Waals surface area contributed by atoms with Gasteiger partial charge in [-0.15, -0.1) is 0 Å². The number of carbonyl (C=O) groups is 2. The van der Waals surface area contributed by atoms with Gasteiger partial charge in [0.25, 0.3) is 0 Å². The maximum absolute atomic E-state index is 13.2.